The van der Waals surface area contributed by atoms with Crippen LogP contribution in [0.5, 0.6) is 5.75 Å². The molecule has 2 heterocycles. The molecule has 1 aliphatic rings. The summed E-state index contributed by atoms with van der Waals surface area (Å²) < 4.78 is 32.9. The van der Waals surface area contributed by atoms with Crippen LogP contribution >= 0.6 is 34.5 Å². The zero-order valence-electron chi connectivity index (χ0n) is 14.5. The van der Waals surface area contributed by atoms with E-state index in [1.807, 2.05) is 0 Å². The minimum absolute atomic E-state index is 0.189. The van der Waals surface area contributed by atoms with Crippen LogP contribution in [-0.2, 0) is 14.8 Å². The first kappa shape index (κ1) is 20.4. The molecule has 6 nitrogen and oxygen atoms in total. The lowest BCUT2D eigenvalue weighted by Crippen LogP contribution is -2.53. The SMILES string of the molecule is C[C@@H](Oc1cccc(Cl)c1)C(=O)N1CCN(S(=O)(=O)c2ccc(Cl)s2)CC1. The molecule has 1 aromatic carbocycles. The Bertz CT molecular complexity index is 925. The minimum atomic E-state index is -3.58. The fraction of sp³-hybridized carbons (Fsp3) is 0.353. The van der Waals surface area contributed by atoms with E-state index in [1.54, 1.807) is 42.2 Å². The molecule has 0 unspecified atom stereocenters. The molecule has 0 spiro atoms. The molecular formula is C17H18Cl2N2O4S2. The fourth-order valence-electron chi connectivity index (χ4n) is 2.76. The van der Waals surface area contributed by atoms with E-state index in [2.05, 4.69) is 0 Å². The fourth-order valence-corrected chi connectivity index (χ4v) is 6.00. The second-order valence-electron chi connectivity index (χ2n) is 6.01. The van der Waals surface area contributed by atoms with Gasteiger partial charge >= 0.3 is 0 Å². The van der Waals surface area contributed by atoms with Crippen molar-refractivity contribution in [3.8, 4) is 5.75 Å². The molecule has 0 aliphatic carbocycles. The highest BCUT2D eigenvalue weighted by atomic mass is 35.5. The third-order valence-corrected chi connectivity index (χ3v) is 7.98. The summed E-state index contributed by atoms with van der Waals surface area (Å²) in [6.07, 6.45) is -0.692. The molecule has 0 saturated carbocycles. The van der Waals surface area contributed by atoms with Gasteiger partial charge in [-0.3, -0.25) is 4.79 Å². The number of ether oxygens (including phenoxy) is 1. The van der Waals surface area contributed by atoms with Crippen molar-refractivity contribution in [2.24, 2.45) is 0 Å². The second kappa shape index (κ2) is 8.36. The van der Waals surface area contributed by atoms with E-state index in [4.69, 9.17) is 27.9 Å². The van der Waals surface area contributed by atoms with E-state index >= 15 is 0 Å². The van der Waals surface area contributed by atoms with Gasteiger partial charge in [-0.15, -0.1) is 11.3 Å². The Balaban J connectivity index is 1.59. The van der Waals surface area contributed by atoms with E-state index in [1.165, 1.54) is 10.4 Å². The first-order valence-electron chi connectivity index (χ1n) is 8.24. The van der Waals surface area contributed by atoms with Gasteiger partial charge in [-0.05, 0) is 37.3 Å². The number of thiophene rings is 1. The van der Waals surface area contributed by atoms with Gasteiger partial charge in [0.1, 0.15) is 9.96 Å². The molecule has 1 amide bonds. The van der Waals surface area contributed by atoms with Crippen LogP contribution in [0.3, 0.4) is 0 Å². The molecule has 1 saturated heterocycles. The largest absolute Gasteiger partial charge is 0.481 e. The lowest BCUT2D eigenvalue weighted by Gasteiger charge is -2.34. The normalized spacial score (nSPS) is 16.9. The van der Waals surface area contributed by atoms with E-state index < -0.39 is 16.1 Å². The molecule has 10 heteroatoms. The Labute approximate surface area is 172 Å². The van der Waals surface area contributed by atoms with Gasteiger partial charge in [-0.1, -0.05) is 29.3 Å². The number of nitrogens with zero attached hydrogens (tertiary/aromatic N) is 2. The minimum Gasteiger partial charge on any atom is -0.481 e. The van der Waals surface area contributed by atoms with Gasteiger partial charge in [0, 0.05) is 31.2 Å². The quantitative estimate of drug-likeness (QED) is 0.702. The molecule has 27 heavy (non-hydrogen) atoms. The smallest absolute Gasteiger partial charge is 0.263 e. The van der Waals surface area contributed by atoms with Gasteiger partial charge in [0.2, 0.25) is 0 Å². The number of carbonyl (C=O) groups excluding carboxylic acids is 1. The lowest BCUT2D eigenvalue weighted by atomic mass is 10.2. The number of hydrogen-bond donors (Lipinski definition) is 0. The predicted octanol–water partition coefficient (Wildman–Crippen LogP) is 3.36. The van der Waals surface area contributed by atoms with Gasteiger partial charge < -0.3 is 9.64 Å². The summed E-state index contributed by atoms with van der Waals surface area (Å²) in [7, 11) is -3.58. The third kappa shape index (κ3) is 4.75. The molecule has 1 fully saturated rings. The van der Waals surface area contributed by atoms with Gasteiger partial charge in [-0.25, -0.2) is 8.42 Å². The lowest BCUT2D eigenvalue weighted by molar-refractivity contribution is -0.139. The molecule has 1 atom stereocenters. The highest BCUT2D eigenvalue weighted by Gasteiger charge is 2.32. The van der Waals surface area contributed by atoms with Crippen molar-refractivity contribution in [2.45, 2.75) is 17.2 Å². The number of hydrogen-bond acceptors (Lipinski definition) is 5. The van der Waals surface area contributed by atoms with E-state index in [0.717, 1.165) is 11.3 Å². The molecule has 1 aromatic heterocycles. The molecule has 1 aliphatic heterocycles. The Morgan fingerprint density at radius 2 is 1.85 bits per heavy atom. The molecule has 2 aromatic rings. The highest BCUT2D eigenvalue weighted by molar-refractivity contribution is 7.91. The number of sulfonamides is 1. The Kier molecular flexibility index (Phi) is 6.32. The van der Waals surface area contributed by atoms with Gasteiger partial charge in [-0.2, -0.15) is 4.31 Å². The molecule has 146 valence electrons. The first-order chi connectivity index (χ1) is 12.8. The molecular weight excluding hydrogens is 431 g/mol. The number of halogens is 2. The Hall–Kier alpha value is -1.32. The summed E-state index contributed by atoms with van der Waals surface area (Å²) in [6, 6.07) is 9.90. The van der Waals surface area contributed by atoms with Crippen molar-refractivity contribution in [1.82, 2.24) is 9.21 Å². The van der Waals surface area contributed by atoms with Gasteiger partial charge in [0.25, 0.3) is 15.9 Å². The maximum atomic E-state index is 12.6. The number of amides is 1. The maximum Gasteiger partial charge on any atom is 0.263 e. The van der Waals surface area contributed by atoms with Crippen LogP contribution < -0.4 is 4.74 Å². The van der Waals surface area contributed by atoms with Crippen molar-refractivity contribution >= 4 is 50.5 Å². The first-order valence-corrected chi connectivity index (χ1v) is 11.2. The van der Waals surface area contributed by atoms with Crippen LogP contribution in [-0.4, -0.2) is 55.8 Å². The summed E-state index contributed by atoms with van der Waals surface area (Å²) in [6.45, 7) is 2.74. The predicted molar refractivity (Wildman–Crippen MR) is 106 cm³/mol. The van der Waals surface area contributed by atoms with Crippen LogP contribution in [0.15, 0.2) is 40.6 Å². The molecule has 0 N–H and O–H groups in total. The van der Waals surface area contributed by atoms with E-state index in [0.29, 0.717) is 28.2 Å². The number of rotatable bonds is 5. The van der Waals surface area contributed by atoms with Crippen LogP contribution in [0.1, 0.15) is 6.92 Å². The average molecular weight is 449 g/mol. The van der Waals surface area contributed by atoms with Crippen molar-refractivity contribution in [2.75, 3.05) is 26.2 Å². The number of piperazine rings is 1. The van der Waals surface area contributed by atoms with Crippen LogP contribution in [0.4, 0.5) is 0 Å². The summed E-state index contributed by atoms with van der Waals surface area (Å²) >= 11 is 12.8. The van der Waals surface area contributed by atoms with Crippen molar-refractivity contribution in [3.05, 3.63) is 45.8 Å². The monoisotopic (exact) mass is 448 g/mol. The highest BCUT2D eigenvalue weighted by Crippen LogP contribution is 2.28. The summed E-state index contributed by atoms with van der Waals surface area (Å²) in [4.78, 5) is 14.2. The van der Waals surface area contributed by atoms with Crippen molar-refractivity contribution in [1.29, 1.82) is 0 Å². The maximum absolute atomic E-state index is 12.6. The molecule has 3 rings (SSSR count). The number of benzene rings is 1. The Morgan fingerprint density at radius 1 is 1.15 bits per heavy atom. The zero-order chi connectivity index (χ0) is 19.6. The average Bonchev–Trinajstić information content (AvgIpc) is 3.08. The summed E-state index contributed by atoms with van der Waals surface area (Å²) in [5, 5.41) is 0.527. The third-order valence-electron chi connectivity index (χ3n) is 4.15. The second-order valence-corrected chi connectivity index (χ2v) is 10.3. The number of carbonyl (C=O) groups is 1. The van der Waals surface area contributed by atoms with Crippen molar-refractivity contribution < 1.29 is 17.9 Å². The zero-order valence-corrected chi connectivity index (χ0v) is 17.6. The van der Waals surface area contributed by atoms with Gasteiger partial charge in [0.15, 0.2) is 6.10 Å². The van der Waals surface area contributed by atoms with E-state index in [-0.39, 0.29) is 23.2 Å². The summed E-state index contributed by atoms with van der Waals surface area (Å²) in [5.41, 5.74) is 0. The summed E-state index contributed by atoms with van der Waals surface area (Å²) in [5.74, 6) is 0.324. The van der Waals surface area contributed by atoms with Crippen molar-refractivity contribution in [3.63, 3.8) is 0 Å². The van der Waals surface area contributed by atoms with Crippen LogP contribution in [0.25, 0.3) is 0 Å². The molecule has 0 bridgehead atoms. The standard InChI is InChI=1S/C17H18Cl2N2O4S2/c1-12(25-14-4-2-3-13(18)11-14)17(22)20-7-9-21(10-8-20)27(23,24)16-6-5-15(19)26-16/h2-6,11-12H,7-10H2,1H3/t12-/m1/s1. The van der Waals surface area contributed by atoms with Crippen LogP contribution in [0, 0.1) is 0 Å². The van der Waals surface area contributed by atoms with Crippen LogP contribution in [0.2, 0.25) is 9.36 Å². The topological polar surface area (TPSA) is 66.9 Å². The van der Waals surface area contributed by atoms with E-state index in [9.17, 15) is 13.2 Å². The Morgan fingerprint density at radius 3 is 2.44 bits per heavy atom. The van der Waals surface area contributed by atoms with Gasteiger partial charge in [0.05, 0.1) is 4.34 Å². The molecule has 0 radical (unpaired) electrons.